The number of aromatic nitrogens is 4. The molecule has 0 amide bonds. The number of nitrogens with zero attached hydrogens (tertiary/aromatic N) is 5. The standard InChI is InChI=1S/C21H23N5O2/c1-15-4-6-16(7-5-15)19-13-26(10-3-11-28-19)21-24-18(12-20(27)25(21)2)17-8-9-22-14-23-17/h4-9,12,14,19H,3,10-11,13H2,1-2H3. The van der Waals surface area contributed by atoms with Gasteiger partial charge in [-0.15, -0.1) is 0 Å². The first-order valence-electron chi connectivity index (χ1n) is 9.39. The van der Waals surface area contributed by atoms with E-state index in [1.807, 2.05) is 0 Å². The minimum atomic E-state index is -0.115. The van der Waals surface area contributed by atoms with E-state index < -0.39 is 0 Å². The number of rotatable bonds is 3. The quantitative estimate of drug-likeness (QED) is 0.698. The van der Waals surface area contributed by atoms with Crippen LogP contribution >= 0.6 is 0 Å². The molecule has 144 valence electrons. The molecule has 0 radical (unpaired) electrons. The minimum absolute atomic E-state index is 0.0669. The first-order valence-corrected chi connectivity index (χ1v) is 9.39. The maximum atomic E-state index is 12.6. The summed E-state index contributed by atoms with van der Waals surface area (Å²) in [6.45, 7) is 4.16. The second kappa shape index (κ2) is 7.90. The van der Waals surface area contributed by atoms with Crippen LogP contribution in [0.15, 0.2) is 53.7 Å². The van der Waals surface area contributed by atoms with Gasteiger partial charge < -0.3 is 9.64 Å². The lowest BCUT2D eigenvalue weighted by molar-refractivity contribution is 0.0685. The van der Waals surface area contributed by atoms with Crippen molar-refractivity contribution in [2.45, 2.75) is 19.4 Å². The summed E-state index contributed by atoms with van der Waals surface area (Å²) < 4.78 is 7.67. The van der Waals surface area contributed by atoms with Gasteiger partial charge in [-0.2, -0.15) is 0 Å². The van der Waals surface area contributed by atoms with Gasteiger partial charge in [-0.1, -0.05) is 29.8 Å². The zero-order valence-corrected chi connectivity index (χ0v) is 16.1. The second-order valence-corrected chi connectivity index (χ2v) is 7.00. The number of aryl methyl sites for hydroxylation is 1. The van der Waals surface area contributed by atoms with Crippen molar-refractivity contribution in [3.8, 4) is 11.4 Å². The van der Waals surface area contributed by atoms with Crippen LogP contribution in [0.4, 0.5) is 5.95 Å². The topological polar surface area (TPSA) is 73.1 Å². The van der Waals surface area contributed by atoms with Crippen LogP contribution in [0.1, 0.15) is 23.7 Å². The lowest BCUT2D eigenvalue weighted by atomic mass is 10.1. The van der Waals surface area contributed by atoms with E-state index in [0.29, 0.717) is 30.5 Å². The highest BCUT2D eigenvalue weighted by Crippen LogP contribution is 2.25. The molecule has 1 fully saturated rings. The van der Waals surface area contributed by atoms with E-state index in [-0.39, 0.29) is 11.7 Å². The Labute approximate surface area is 163 Å². The first-order chi connectivity index (χ1) is 13.6. The summed E-state index contributed by atoms with van der Waals surface area (Å²) in [6, 6.07) is 11.7. The molecule has 0 spiro atoms. The summed E-state index contributed by atoms with van der Waals surface area (Å²) in [4.78, 5) is 27.6. The van der Waals surface area contributed by atoms with Gasteiger partial charge in [0.15, 0.2) is 0 Å². The highest BCUT2D eigenvalue weighted by atomic mass is 16.5. The van der Waals surface area contributed by atoms with Gasteiger partial charge in [-0.05, 0) is 25.0 Å². The van der Waals surface area contributed by atoms with E-state index in [4.69, 9.17) is 9.72 Å². The van der Waals surface area contributed by atoms with Crippen molar-refractivity contribution in [3.05, 3.63) is 70.4 Å². The molecule has 0 N–H and O–H groups in total. The van der Waals surface area contributed by atoms with Crippen LogP contribution in [0.25, 0.3) is 11.4 Å². The maximum absolute atomic E-state index is 12.6. The van der Waals surface area contributed by atoms with Crippen molar-refractivity contribution in [2.75, 3.05) is 24.6 Å². The Hall–Kier alpha value is -3.06. The summed E-state index contributed by atoms with van der Waals surface area (Å²) in [5.74, 6) is 0.628. The third-order valence-electron chi connectivity index (χ3n) is 4.97. The molecule has 1 unspecified atom stereocenters. The lowest BCUT2D eigenvalue weighted by Gasteiger charge is -2.26. The number of anilines is 1. The average molecular weight is 377 g/mol. The molecular formula is C21H23N5O2. The first kappa shape index (κ1) is 18.3. The SMILES string of the molecule is Cc1ccc(C2CN(c3nc(-c4ccncn4)cc(=O)n3C)CCCO2)cc1. The van der Waals surface area contributed by atoms with Gasteiger partial charge in [0, 0.05) is 32.5 Å². The fourth-order valence-corrected chi connectivity index (χ4v) is 3.37. The molecule has 0 saturated carbocycles. The second-order valence-electron chi connectivity index (χ2n) is 7.00. The van der Waals surface area contributed by atoms with E-state index in [1.165, 1.54) is 18.0 Å². The van der Waals surface area contributed by atoms with Gasteiger partial charge in [-0.3, -0.25) is 9.36 Å². The molecule has 7 heteroatoms. The van der Waals surface area contributed by atoms with Gasteiger partial charge in [-0.25, -0.2) is 15.0 Å². The monoisotopic (exact) mass is 377 g/mol. The van der Waals surface area contributed by atoms with Crippen LogP contribution in [0.3, 0.4) is 0 Å². The van der Waals surface area contributed by atoms with E-state index in [0.717, 1.165) is 18.5 Å². The molecule has 1 aromatic carbocycles. The van der Waals surface area contributed by atoms with Crippen molar-refractivity contribution in [3.63, 3.8) is 0 Å². The Morgan fingerprint density at radius 1 is 1.14 bits per heavy atom. The van der Waals surface area contributed by atoms with E-state index in [2.05, 4.69) is 46.1 Å². The van der Waals surface area contributed by atoms with Gasteiger partial charge in [0.2, 0.25) is 5.95 Å². The van der Waals surface area contributed by atoms with Gasteiger partial charge in [0.1, 0.15) is 12.4 Å². The van der Waals surface area contributed by atoms with Crippen LogP contribution in [0.5, 0.6) is 0 Å². The molecule has 1 aliphatic rings. The smallest absolute Gasteiger partial charge is 0.255 e. The largest absolute Gasteiger partial charge is 0.372 e. The number of benzene rings is 1. The van der Waals surface area contributed by atoms with Crippen molar-refractivity contribution < 1.29 is 4.74 Å². The lowest BCUT2D eigenvalue weighted by Crippen LogP contribution is -2.34. The highest BCUT2D eigenvalue weighted by molar-refractivity contribution is 5.55. The van der Waals surface area contributed by atoms with Crippen LogP contribution < -0.4 is 10.5 Å². The average Bonchev–Trinajstić information content (AvgIpc) is 2.97. The van der Waals surface area contributed by atoms with Gasteiger partial charge in [0.05, 0.1) is 17.9 Å². The van der Waals surface area contributed by atoms with Crippen molar-refractivity contribution in [2.24, 2.45) is 7.05 Å². The van der Waals surface area contributed by atoms with Crippen molar-refractivity contribution >= 4 is 5.95 Å². The van der Waals surface area contributed by atoms with E-state index >= 15 is 0 Å². The summed E-state index contributed by atoms with van der Waals surface area (Å²) in [5.41, 5.74) is 3.42. The fraction of sp³-hybridized carbons (Fsp3) is 0.333. The molecule has 0 bridgehead atoms. The predicted molar refractivity (Wildman–Crippen MR) is 107 cm³/mol. The minimum Gasteiger partial charge on any atom is -0.372 e. The molecule has 4 rings (SSSR count). The Kier molecular flexibility index (Phi) is 5.16. The normalized spacial score (nSPS) is 17.4. The molecule has 3 heterocycles. The molecule has 2 aromatic heterocycles. The Balaban J connectivity index is 1.69. The summed E-state index contributed by atoms with van der Waals surface area (Å²) in [6.07, 6.45) is 3.91. The van der Waals surface area contributed by atoms with Gasteiger partial charge >= 0.3 is 0 Å². The zero-order valence-electron chi connectivity index (χ0n) is 16.1. The zero-order chi connectivity index (χ0) is 19.5. The number of hydrogen-bond acceptors (Lipinski definition) is 6. The van der Waals surface area contributed by atoms with Crippen molar-refractivity contribution in [1.29, 1.82) is 0 Å². The van der Waals surface area contributed by atoms with Gasteiger partial charge in [0.25, 0.3) is 5.56 Å². The maximum Gasteiger partial charge on any atom is 0.255 e. The third kappa shape index (κ3) is 3.80. The molecule has 3 aromatic rings. The molecule has 1 saturated heterocycles. The molecule has 1 aliphatic heterocycles. The number of ether oxygens (including phenoxy) is 1. The van der Waals surface area contributed by atoms with E-state index in [1.54, 1.807) is 23.9 Å². The van der Waals surface area contributed by atoms with E-state index in [9.17, 15) is 4.79 Å². The van der Waals surface area contributed by atoms with Crippen LogP contribution in [0, 0.1) is 6.92 Å². The fourth-order valence-electron chi connectivity index (χ4n) is 3.37. The summed E-state index contributed by atoms with van der Waals surface area (Å²) in [7, 11) is 1.75. The van der Waals surface area contributed by atoms with Crippen LogP contribution in [-0.2, 0) is 11.8 Å². The molecule has 7 nitrogen and oxygen atoms in total. The van der Waals surface area contributed by atoms with Crippen molar-refractivity contribution in [1.82, 2.24) is 19.5 Å². The van der Waals surface area contributed by atoms with Crippen LogP contribution in [0.2, 0.25) is 0 Å². The molecule has 1 atom stereocenters. The Bertz CT molecular complexity index is 1000. The van der Waals surface area contributed by atoms with Crippen LogP contribution in [-0.4, -0.2) is 39.2 Å². The summed E-state index contributed by atoms with van der Waals surface area (Å²) in [5, 5.41) is 0. The number of hydrogen-bond donors (Lipinski definition) is 0. The Morgan fingerprint density at radius 3 is 2.71 bits per heavy atom. The predicted octanol–water partition coefficient (Wildman–Crippen LogP) is 2.51. The Morgan fingerprint density at radius 2 is 1.96 bits per heavy atom. The molecule has 0 aliphatic carbocycles. The molecule has 28 heavy (non-hydrogen) atoms. The summed E-state index contributed by atoms with van der Waals surface area (Å²) >= 11 is 0. The highest BCUT2D eigenvalue weighted by Gasteiger charge is 2.23. The third-order valence-corrected chi connectivity index (χ3v) is 4.97. The molecular weight excluding hydrogens is 354 g/mol.